The van der Waals surface area contributed by atoms with Gasteiger partial charge in [0.2, 0.25) is 0 Å². The molecule has 3 rings (SSSR count). The molecule has 0 heterocycles. The molecule has 0 saturated heterocycles. The number of rotatable bonds is 1. The first-order valence-corrected chi connectivity index (χ1v) is 9.50. The number of hydrogen-bond acceptors (Lipinski definition) is 0. The first-order valence-electron chi connectivity index (χ1n) is 9.50. The second-order valence-corrected chi connectivity index (χ2v) is 6.97. The fourth-order valence-corrected chi connectivity index (χ4v) is 3.02. The molecule has 28 heavy (non-hydrogen) atoms. The van der Waals surface area contributed by atoms with E-state index in [1.165, 1.54) is 11.1 Å². The minimum Gasteiger partial charge on any atom is -0.0871 e. The van der Waals surface area contributed by atoms with Crippen LogP contribution in [0.5, 0.6) is 0 Å². The van der Waals surface area contributed by atoms with Crippen LogP contribution in [-0.4, -0.2) is 0 Å². The summed E-state index contributed by atoms with van der Waals surface area (Å²) >= 11 is 0. The minimum atomic E-state index is 1.02. The normalized spacial score (nSPS) is 10.1. The maximum Gasteiger partial charge on any atom is 0.0308 e. The molecular formula is C28H24. The van der Waals surface area contributed by atoms with Crippen LogP contribution >= 0.6 is 0 Å². The van der Waals surface area contributed by atoms with Gasteiger partial charge in [-0.2, -0.15) is 0 Å². The molecule has 0 N–H and O–H groups in total. The summed E-state index contributed by atoms with van der Waals surface area (Å²) in [7, 11) is 0. The Morgan fingerprint density at radius 2 is 1.11 bits per heavy atom. The summed E-state index contributed by atoms with van der Waals surface area (Å²) in [6.45, 7) is 8.31. The van der Waals surface area contributed by atoms with Crippen LogP contribution < -0.4 is 0 Å². The van der Waals surface area contributed by atoms with Crippen molar-refractivity contribution in [1.29, 1.82) is 0 Å². The summed E-state index contributed by atoms with van der Waals surface area (Å²) in [5.41, 5.74) is 8.92. The Morgan fingerprint density at radius 1 is 0.607 bits per heavy atom. The van der Waals surface area contributed by atoms with E-state index in [9.17, 15) is 0 Å². The van der Waals surface area contributed by atoms with Gasteiger partial charge in [-0.3, -0.25) is 0 Å². The zero-order valence-electron chi connectivity index (χ0n) is 16.9. The average Bonchev–Trinajstić information content (AvgIpc) is 2.68. The van der Waals surface area contributed by atoms with Crippen LogP contribution in [0.2, 0.25) is 0 Å². The average molecular weight is 361 g/mol. The lowest BCUT2D eigenvalue weighted by molar-refractivity contribution is 1.33. The first kappa shape index (κ1) is 19.3. The molecule has 0 amide bonds. The molecule has 0 bridgehead atoms. The first-order chi connectivity index (χ1) is 13.5. The van der Waals surface area contributed by atoms with Gasteiger partial charge in [0.05, 0.1) is 0 Å². The van der Waals surface area contributed by atoms with Crippen LogP contribution in [0, 0.1) is 44.5 Å². The van der Waals surface area contributed by atoms with Crippen molar-refractivity contribution in [2.75, 3.05) is 0 Å². The third-order valence-electron chi connectivity index (χ3n) is 4.54. The lowest BCUT2D eigenvalue weighted by Crippen LogP contribution is -1.90. The largest absolute Gasteiger partial charge is 0.0871 e. The van der Waals surface area contributed by atoms with E-state index in [1.54, 1.807) is 0 Å². The number of benzene rings is 3. The smallest absolute Gasteiger partial charge is 0.0308 e. The van der Waals surface area contributed by atoms with E-state index in [0.29, 0.717) is 0 Å². The van der Waals surface area contributed by atoms with Crippen molar-refractivity contribution in [1.82, 2.24) is 0 Å². The van der Waals surface area contributed by atoms with E-state index < -0.39 is 0 Å². The molecule has 136 valence electrons. The highest BCUT2D eigenvalue weighted by Crippen LogP contribution is 2.16. The molecule has 0 aromatic heterocycles. The number of allylic oxidation sites excluding steroid dienone is 1. The van der Waals surface area contributed by atoms with Gasteiger partial charge in [-0.15, -0.1) is 0 Å². The second-order valence-electron chi connectivity index (χ2n) is 6.97. The Kier molecular flexibility index (Phi) is 6.16. The minimum absolute atomic E-state index is 1.02. The Balaban J connectivity index is 1.84. The van der Waals surface area contributed by atoms with E-state index in [2.05, 4.69) is 111 Å². The van der Waals surface area contributed by atoms with Crippen molar-refractivity contribution < 1.29 is 0 Å². The molecule has 0 aliphatic rings. The maximum absolute atomic E-state index is 3.33. The van der Waals surface area contributed by atoms with Crippen LogP contribution in [0.4, 0.5) is 0 Å². The predicted octanol–water partition coefficient (Wildman–Crippen LogP) is 6.44. The summed E-state index contributed by atoms with van der Waals surface area (Å²) in [5, 5.41) is 0. The lowest BCUT2D eigenvalue weighted by atomic mass is 9.99. The SMILES string of the molecule is CC=Cc1ccc(C#Cc2cc(C)c(C#Cc3ccc(C)cc3)c(C)c2)cc1. The van der Waals surface area contributed by atoms with Gasteiger partial charge < -0.3 is 0 Å². The van der Waals surface area contributed by atoms with Gasteiger partial charge in [-0.05, 0) is 80.8 Å². The third-order valence-corrected chi connectivity index (χ3v) is 4.54. The van der Waals surface area contributed by atoms with Crippen LogP contribution in [0.1, 0.15) is 51.4 Å². The second kappa shape index (κ2) is 8.94. The molecule has 0 saturated carbocycles. The van der Waals surface area contributed by atoms with Gasteiger partial charge >= 0.3 is 0 Å². The zero-order chi connectivity index (χ0) is 19.9. The van der Waals surface area contributed by atoms with Crippen molar-refractivity contribution in [3.05, 3.63) is 111 Å². The van der Waals surface area contributed by atoms with Crippen LogP contribution in [0.25, 0.3) is 6.08 Å². The summed E-state index contributed by atoms with van der Waals surface area (Å²) in [5.74, 6) is 13.1. The Labute approximate surface area is 169 Å². The van der Waals surface area contributed by atoms with Gasteiger partial charge in [0.1, 0.15) is 0 Å². The Bertz CT molecular complexity index is 1090. The molecule has 3 aromatic rings. The standard InChI is InChI=1S/C28H24/c1-5-6-24-11-13-26(14-12-24)15-16-27-19-22(3)28(23(4)20-27)18-17-25-9-7-21(2)8-10-25/h5-14,19-20H,1-4H3. The lowest BCUT2D eigenvalue weighted by Gasteiger charge is -2.04. The zero-order valence-corrected chi connectivity index (χ0v) is 16.9. The molecule has 0 unspecified atom stereocenters. The molecule has 0 atom stereocenters. The summed E-state index contributed by atoms with van der Waals surface area (Å²) < 4.78 is 0. The van der Waals surface area contributed by atoms with Gasteiger partial charge in [0.15, 0.2) is 0 Å². The molecular weight excluding hydrogens is 336 g/mol. The Morgan fingerprint density at radius 3 is 1.68 bits per heavy atom. The summed E-state index contributed by atoms with van der Waals surface area (Å²) in [4.78, 5) is 0. The van der Waals surface area contributed by atoms with Gasteiger partial charge in [-0.1, -0.05) is 65.7 Å². The Hall–Kier alpha value is -3.48. The molecule has 0 nitrogen and oxygen atoms in total. The molecule has 0 spiro atoms. The molecule has 0 aliphatic carbocycles. The van der Waals surface area contributed by atoms with E-state index in [0.717, 1.165) is 33.4 Å². The summed E-state index contributed by atoms with van der Waals surface area (Å²) in [6.07, 6.45) is 4.12. The molecule has 0 radical (unpaired) electrons. The van der Waals surface area contributed by atoms with Crippen molar-refractivity contribution in [2.45, 2.75) is 27.7 Å². The van der Waals surface area contributed by atoms with Gasteiger partial charge in [0, 0.05) is 22.3 Å². The van der Waals surface area contributed by atoms with Gasteiger partial charge in [-0.25, -0.2) is 0 Å². The van der Waals surface area contributed by atoms with Crippen molar-refractivity contribution in [2.24, 2.45) is 0 Å². The van der Waals surface area contributed by atoms with E-state index in [-0.39, 0.29) is 0 Å². The highest BCUT2D eigenvalue weighted by Gasteiger charge is 2.02. The highest BCUT2D eigenvalue weighted by molar-refractivity contribution is 5.56. The molecule has 0 heteroatoms. The quantitative estimate of drug-likeness (QED) is 0.438. The van der Waals surface area contributed by atoms with E-state index >= 15 is 0 Å². The number of hydrogen-bond donors (Lipinski definition) is 0. The monoisotopic (exact) mass is 360 g/mol. The maximum atomic E-state index is 3.33. The number of aryl methyl sites for hydroxylation is 3. The van der Waals surface area contributed by atoms with Crippen LogP contribution in [0.15, 0.2) is 66.7 Å². The van der Waals surface area contributed by atoms with E-state index in [1.807, 2.05) is 13.0 Å². The van der Waals surface area contributed by atoms with Crippen LogP contribution in [0.3, 0.4) is 0 Å². The molecule has 3 aromatic carbocycles. The van der Waals surface area contributed by atoms with Crippen LogP contribution in [-0.2, 0) is 0 Å². The fraction of sp³-hybridized carbons (Fsp3) is 0.143. The van der Waals surface area contributed by atoms with E-state index in [4.69, 9.17) is 0 Å². The highest BCUT2D eigenvalue weighted by atomic mass is 14.0. The molecule has 0 aliphatic heterocycles. The third kappa shape index (κ3) is 5.03. The van der Waals surface area contributed by atoms with Crippen molar-refractivity contribution in [3.63, 3.8) is 0 Å². The van der Waals surface area contributed by atoms with Crippen molar-refractivity contribution >= 4 is 6.08 Å². The predicted molar refractivity (Wildman–Crippen MR) is 120 cm³/mol. The van der Waals surface area contributed by atoms with Gasteiger partial charge in [0.25, 0.3) is 0 Å². The summed E-state index contributed by atoms with van der Waals surface area (Å²) in [6, 6.07) is 20.8. The topological polar surface area (TPSA) is 0 Å². The van der Waals surface area contributed by atoms with Crippen molar-refractivity contribution in [3.8, 4) is 23.7 Å². The molecule has 0 fully saturated rings. The fourth-order valence-electron chi connectivity index (χ4n) is 3.02.